The number of rotatable bonds is 2. The number of oxime groups is 1. The number of anilines is 1. The second-order valence-corrected chi connectivity index (χ2v) is 7.18. The van der Waals surface area contributed by atoms with Crippen molar-refractivity contribution in [3.8, 4) is 0 Å². The quantitative estimate of drug-likeness (QED) is 0.672. The van der Waals surface area contributed by atoms with E-state index in [1.54, 1.807) is 0 Å². The summed E-state index contributed by atoms with van der Waals surface area (Å²) in [5, 5.41) is 13.8. The fourth-order valence-electron chi connectivity index (χ4n) is 4.61. The number of hydrogen-bond donors (Lipinski definition) is 1. The minimum atomic E-state index is 0.380. The summed E-state index contributed by atoms with van der Waals surface area (Å²) in [5.41, 5.74) is 2.25. The molecule has 1 heterocycles. The topological polar surface area (TPSA) is 39.1 Å². The van der Waals surface area contributed by atoms with E-state index in [4.69, 9.17) is 11.6 Å². The van der Waals surface area contributed by atoms with Gasteiger partial charge in [0.05, 0.1) is 11.8 Å². The zero-order valence-corrected chi connectivity index (χ0v) is 13.4. The van der Waals surface area contributed by atoms with Crippen LogP contribution in [0.3, 0.4) is 0 Å². The molecule has 0 radical (unpaired) electrons. The van der Waals surface area contributed by atoms with Crippen LogP contribution in [0.25, 0.3) is 0 Å². The number of nitrogens with zero attached hydrogens (tertiary/aromatic N) is 3. The molecule has 0 spiro atoms. The van der Waals surface area contributed by atoms with Gasteiger partial charge in [-0.3, -0.25) is 4.90 Å². The lowest BCUT2D eigenvalue weighted by atomic mass is 9.91. The molecule has 3 unspecified atom stereocenters. The summed E-state index contributed by atoms with van der Waals surface area (Å²) < 4.78 is 0. The first-order valence-electron chi connectivity index (χ1n) is 8.22. The first-order valence-corrected chi connectivity index (χ1v) is 8.60. The van der Waals surface area contributed by atoms with Crippen molar-refractivity contribution in [1.82, 2.24) is 4.90 Å². The molecule has 22 heavy (non-hydrogen) atoms. The number of piperazine rings is 1. The van der Waals surface area contributed by atoms with Crippen LogP contribution in [0.2, 0.25) is 5.02 Å². The Bertz CT molecular complexity index is 583. The minimum Gasteiger partial charge on any atom is -0.411 e. The summed E-state index contributed by atoms with van der Waals surface area (Å²) in [6, 6.07) is 8.47. The lowest BCUT2D eigenvalue weighted by molar-refractivity contribution is 0.181. The van der Waals surface area contributed by atoms with E-state index < -0.39 is 0 Å². The van der Waals surface area contributed by atoms with Crippen LogP contribution in [0.5, 0.6) is 0 Å². The Morgan fingerprint density at radius 3 is 2.68 bits per heavy atom. The Morgan fingerprint density at radius 1 is 1.14 bits per heavy atom. The predicted octanol–water partition coefficient (Wildman–Crippen LogP) is 3.09. The van der Waals surface area contributed by atoms with Gasteiger partial charge in [-0.1, -0.05) is 22.8 Å². The van der Waals surface area contributed by atoms with Crippen molar-refractivity contribution in [1.29, 1.82) is 0 Å². The molecule has 2 aliphatic carbocycles. The van der Waals surface area contributed by atoms with Crippen molar-refractivity contribution < 1.29 is 5.21 Å². The number of benzene rings is 1. The van der Waals surface area contributed by atoms with Crippen molar-refractivity contribution in [3.05, 3.63) is 29.3 Å². The van der Waals surface area contributed by atoms with E-state index >= 15 is 0 Å². The second kappa shape index (κ2) is 5.74. The van der Waals surface area contributed by atoms with Crippen LogP contribution >= 0.6 is 11.6 Å². The molecule has 5 heteroatoms. The lowest BCUT2D eigenvalue weighted by Gasteiger charge is -2.41. The molecule has 0 aromatic heterocycles. The molecule has 0 amide bonds. The maximum Gasteiger partial charge on any atom is 0.0775 e. The van der Waals surface area contributed by atoms with Crippen molar-refractivity contribution >= 4 is 23.0 Å². The van der Waals surface area contributed by atoms with Crippen LogP contribution in [0, 0.1) is 11.8 Å². The van der Waals surface area contributed by atoms with Crippen molar-refractivity contribution in [3.63, 3.8) is 0 Å². The van der Waals surface area contributed by atoms with E-state index in [-0.39, 0.29) is 0 Å². The van der Waals surface area contributed by atoms with Crippen LogP contribution < -0.4 is 4.90 Å². The summed E-state index contributed by atoms with van der Waals surface area (Å²) in [5.74, 6) is 1.24. The highest BCUT2D eigenvalue weighted by Gasteiger charge is 2.48. The van der Waals surface area contributed by atoms with Gasteiger partial charge in [-0.25, -0.2) is 0 Å². The van der Waals surface area contributed by atoms with Crippen LogP contribution in [-0.4, -0.2) is 48.0 Å². The summed E-state index contributed by atoms with van der Waals surface area (Å²) in [6.45, 7) is 4.07. The van der Waals surface area contributed by atoms with E-state index in [0.717, 1.165) is 36.9 Å². The molecule has 1 N–H and O–H groups in total. The molecule has 3 aliphatic rings. The Balaban J connectivity index is 1.44. The van der Waals surface area contributed by atoms with Gasteiger partial charge in [0.2, 0.25) is 0 Å². The molecule has 1 aliphatic heterocycles. The summed E-state index contributed by atoms with van der Waals surface area (Å²) in [4.78, 5) is 4.92. The maximum absolute atomic E-state index is 9.39. The van der Waals surface area contributed by atoms with E-state index in [0.29, 0.717) is 17.9 Å². The largest absolute Gasteiger partial charge is 0.411 e. The van der Waals surface area contributed by atoms with E-state index in [9.17, 15) is 5.21 Å². The number of halogens is 1. The monoisotopic (exact) mass is 319 g/mol. The average Bonchev–Trinajstić information content (AvgIpc) is 3.15. The third-order valence-corrected chi connectivity index (χ3v) is 5.87. The first-order chi connectivity index (χ1) is 10.8. The lowest BCUT2D eigenvalue weighted by Crippen LogP contribution is -2.54. The predicted molar refractivity (Wildman–Crippen MR) is 89.1 cm³/mol. The minimum absolute atomic E-state index is 0.380. The molecular formula is C17H22ClN3O. The molecular weight excluding hydrogens is 298 g/mol. The molecule has 1 aromatic carbocycles. The Labute approximate surface area is 136 Å². The Morgan fingerprint density at radius 2 is 1.95 bits per heavy atom. The first kappa shape index (κ1) is 14.3. The molecule has 1 aromatic rings. The number of hydrogen-bond acceptors (Lipinski definition) is 4. The van der Waals surface area contributed by atoms with Gasteiger partial charge in [-0.2, -0.15) is 0 Å². The van der Waals surface area contributed by atoms with Crippen molar-refractivity contribution in [2.24, 2.45) is 17.0 Å². The second-order valence-electron chi connectivity index (χ2n) is 6.74. The SMILES string of the molecule is O/N=C1\C2CCC(C2)C1N1CCN(c2cccc(Cl)c2)CC1. The Hall–Kier alpha value is -1.26. The van der Waals surface area contributed by atoms with Gasteiger partial charge >= 0.3 is 0 Å². The highest BCUT2D eigenvalue weighted by molar-refractivity contribution is 6.30. The zero-order chi connectivity index (χ0) is 15.1. The van der Waals surface area contributed by atoms with Gasteiger partial charge in [-0.15, -0.1) is 0 Å². The van der Waals surface area contributed by atoms with Crippen LogP contribution in [0.4, 0.5) is 5.69 Å². The van der Waals surface area contributed by atoms with Crippen molar-refractivity contribution in [2.75, 3.05) is 31.1 Å². The standard InChI is InChI=1S/C17H22ClN3O/c18-14-2-1-3-15(11-14)20-6-8-21(9-7-20)17-13-5-4-12(10-13)16(17)19-22/h1-3,11-13,17,22H,4-10H2/b19-16+. The smallest absolute Gasteiger partial charge is 0.0775 e. The average molecular weight is 320 g/mol. The van der Waals surface area contributed by atoms with Gasteiger partial charge < -0.3 is 10.1 Å². The maximum atomic E-state index is 9.39. The molecule has 3 fully saturated rings. The summed E-state index contributed by atoms with van der Waals surface area (Å²) >= 11 is 6.10. The van der Waals surface area contributed by atoms with Gasteiger partial charge in [0.1, 0.15) is 0 Å². The molecule has 1 saturated heterocycles. The molecule has 2 bridgehead atoms. The van der Waals surface area contributed by atoms with E-state index in [2.05, 4.69) is 21.0 Å². The van der Waals surface area contributed by atoms with Gasteiger partial charge in [0.25, 0.3) is 0 Å². The molecule has 2 saturated carbocycles. The van der Waals surface area contributed by atoms with Gasteiger partial charge in [0.15, 0.2) is 0 Å². The van der Waals surface area contributed by atoms with Gasteiger partial charge in [0, 0.05) is 42.8 Å². The molecule has 118 valence electrons. The number of fused-ring (bicyclic) bond motifs is 2. The van der Waals surface area contributed by atoms with E-state index in [1.165, 1.54) is 24.9 Å². The summed E-state index contributed by atoms with van der Waals surface area (Å²) in [7, 11) is 0. The van der Waals surface area contributed by atoms with Crippen LogP contribution in [0.1, 0.15) is 19.3 Å². The zero-order valence-electron chi connectivity index (χ0n) is 12.7. The molecule has 4 nitrogen and oxygen atoms in total. The van der Waals surface area contributed by atoms with E-state index in [1.807, 2.05) is 18.2 Å². The highest BCUT2D eigenvalue weighted by Crippen LogP contribution is 2.45. The third kappa shape index (κ3) is 2.38. The fraction of sp³-hybridized carbons (Fsp3) is 0.588. The van der Waals surface area contributed by atoms with Gasteiger partial charge in [-0.05, 0) is 43.4 Å². The molecule has 3 atom stereocenters. The highest BCUT2D eigenvalue weighted by atomic mass is 35.5. The Kier molecular flexibility index (Phi) is 3.74. The molecule has 4 rings (SSSR count). The normalized spacial score (nSPS) is 33.8. The van der Waals surface area contributed by atoms with Crippen molar-refractivity contribution in [2.45, 2.75) is 25.3 Å². The third-order valence-electron chi connectivity index (χ3n) is 5.64. The summed E-state index contributed by atoms with van der Waals surface area (Å²) in [6.07, 6.45) is 3.73. The van der Waals surface area contributed by atoms with Crippen LogP contribution in [0.15, 0.2) is 29.4 Å². The fourth-order valence-corrected chi connectivity index (χ4v) is 4.80. The van der Waals surface area contributed by atoms with Crippen LogP contribution in [-0.2, 0) is 0 Å².